The van der Waals surface area contributed by atoms with Crippen LogP contribution in [0.3, 0.4) is 0 Å². The Balaban J connectivity index is 2.16. The van der Waals surface area contributed by atoms with Crippen molar-refractivity contribution in [2.24, 2.45) is 11.1 Å². The van der Waals surface area contributed by atoms with Gasteiger partial charge in [0.15, 0.2) is 5.78 Å². The standard InChI is InChI=1S/C19H23N3O3/c1-4-25-18(24)16-14(11-6-5-7-21-10-11)15-12(22-17(16)20)8-19(2,3)9-13(15)23/h5-7,10,14,22H,4,8-9,20H2,1-3H3/t14-/m1/s1. The number of hydrogen-bond acceptors (Lipinski definition) is 6. The number of nitrogens with zero attached hydrogens (tertiary/aromatic N) is 1. The Morgan fingerprint density at radius 3 is 2.84 bits per heavy atom. The number of pyridine rings is 1. The molecule has 3 rings (SSSR count). The molecule has 0 fully saturated rings. The normalized spacial score (nSPS) is 22.4. The van der Waals surface area contributed by atoms with Gasteiger partial charge in [-0.3, -0.25) is 9.78 Å². The maximum Gasteiger partial charge on any atom is 0.338 e. The van der Waals surface area contributed by atoms with Crippen LogP contribution in [-0.2, 0) is 14.3 Å². The SMILES string of the molecule is CCOC(=O)C1=C(N)NC2=C(C(=O)CC(C)(C)C2)[C@H]1c1cccnc1. The van der Waals surface area contributed by atoms with Gasteiger partial charge < -0.3 is 15.8 Å². The highest BCUT2D eigenvalue weighted by Gasteiger charge is 2.43. The van der Waals surface area contributed by atoms with E-state index in [-0.39, 0.29) is 29.2 Å². The molecule has 6 heteroatoms. The fraction of sp³-hybridized carbons (Fsp3) is 0.421. The predicted molar refractivity (Wildman–Crippen MR) is 93.0 cm³/mol. The lowest BCUT2D eigenvalue weighted by Crippen LogP contribution is -2.41. The van der Waals surface area contributed by atoms with E-state index in [2.05, 4.69) is 24.1 Å². The summed E-state index contributed by atoms with van der Waals surface area (Å²) in [6, 6.07) is 3.64. The lowest BCUT2D eigenvalue weighted by atomic mass is 9.69. The monoisotopic (exact) mass is 341 g/mol. The van der Waals surface area contributed by atoms with Gasteiger partial charge in [0.25, 0.3) is 0 Å². The molecule has 2 aliphatic rings. The molecule has 6 nitrogen and oxygen atoms in total. The van der Waals surface area contributed by atoms with Gasteiger partial charge >= 0.3 is 5.97 Å². The zero-order valence-electron chi connectivity index (χ0n) is 14.8. The fourth-order valence-electron chi connectivity index (χ4n) is 3.63. The summed E-state index contributed by atoms with van der Waals surface area (Å²) in [4.78, 5) is 29.6. The summed E-state index contributed by atoms with van der Waals surface area (Å²) >= 11 is 0. The van der Waals surface area contributed by atoms with E-state index >= 15 is 0 Å². The maximum absolute atomic E-state index is 12.9. The summed E-state index contributed by atoms with van der Waals surface area (Å²) in [5.41, 5.74) is 8.46. The van der Waals surface area contributed by atoms with Crippen molar-refractivity contribution in [3.8, 4) is 0 Å². The molecule has 0 spiro atoms. The molecule has 1 atom stereocenters. The van der Waals surface area contributed by atoms with Crippen LogP contribution in [0, 0.1) is 5.41 Å². The van der Waals surface area contributed by atoms with Crippen LogP contribution in [0.1, 0.15) is 45.1 Å². The minimum absolute atomic E-state index is 0.0295. The third-order valence-corrected chi connectivity index (χ3v) is 4.59. The average molecular weight is 341 g/mol. The molecule has 3 N–H and O–H groups in total. The predicted octanol–water partition coefficient (Wildman–Crippen LogP) is 2.14. The highest BCUT2D eigenvalue weighted by Crippen LogP contribution is 2.46. The lowest BCUT2D eigenvalue weighted by molar-refractivity contribution is -0.138. The van der Waals surface area contributed by atoms with E-state index in [1.54, 1.807) is 25.4 Å². The Labute approximate surface area is 147 Å². The van der Waals surface area contributed by atoms with Crippen molar-refractivity contribution in [3.05, 3.63) is 52.8 Å². The van der Waals surface area contributed by atoms with Crippen molar-refractivity contribution in [2.45, 2.75) is 39.5 Å². The van der Waals surface area contributed by atoms with Crippen molar-refractivity contribution < 1.29 is 14.3 Å². The Morgan fingerprint density at radius 2 is 2.20 bits per heavy atom. The quantitative estimate of drug-likeness (QED) is 0.818. The Kier molecular flexibility index (Phi) is 4.37. The van der Waals surface area contributed by atoms with Gasteiger partial charge in [-0.2, -0.15) is 0 Å². The first kappa shape index (κ1) is 17.2. The number of rotatable bonds is 3. The van der Waals surface area contributed by atoms with Crippen molar-refractivity contribution in [2.75, 3.05) is 6.61 Å². The van der Waals surface area contributed by atoms with Crippen molar-refractivity contribution in [3.63, 3.8) is 0 Å². The van der Waals surface area contributed by atoms with Gasteiger partial charge in [-0.15, -0.1) is 0 Å². The zero-order chi connectivity index (χ0) is 18.2. The summed E-state index contributed by atoms with van der Waals surface area (Å²) in [6.45, 7) is 6.08. The molecule has 0 amide bonds. The molecule has 0 radical (unpaired) electrons. The number of ether oxygens (including phenoxy) is 1. The fourth-order valence-corrected chi connectivity index (χ4v) is 3.63. The van der Waals surface area contributed by atoms with Gasteiger partial charge in [-0.05, 0) is 30.4 Å². The lowest BCUT2D eigenvalue weighted by Gasteiger charge is -2.39. The highest BCUT2D eigenvalue weighted by molar-refractivity contribution is 6.04. The Bertz CT molecular complexity index is 778. The third-order valence-electron chi connectivity index (χ3n) is 4.59. The number of carbonyl (C=O) groups excluding carboxylic acids is 2. The van der Waals surface area contributed by atoms with Gasteiger partial charge in [0.1, 0.15) is 5.82 Å². The smallest absolute Gasteiger partial charge is 0.338 e. The van der Waals surface area contributed by atoms with Gasteiger partial charge in [0, 0.05) is 30.1 Å². The number of aromatic nitrogens is 1. The highest BCUT2D eigenvalue weighted by atomic mass is 16.5. The molecule has 0 aromatic carbocycles. The van der Waals surface area contributed by atoms with E-state index in [4.69, 9.17) is 10.5 Å². The summed E-state index contributed by atoms with van der Waals surface area (Å²) in [5, 5.41) is 3.09. The van der Waals surface area contributed by atoms with Crippen LogP contribution >= 0.6 is 0 Å². The number of dihydropyridines is 1. The Morgan fingerprint density at radius 1 is 1.44 bits per heavy atom. The summed E-state index contributed by atoms with van der Waals surface area (Å²) in [5.74, 6) is -0.781. The minimum Gasteiger partial charge on any atom is -0.463 e. The summed E-state index contributed by atoms with van der Waals surface area (Å²) in [7, 11) is 0. The minimum atomic E-state index is -0.549. The van der Waals surface area contributed by atoms with Crippen molar-refractivity contribution >= 4 is 11.8 Å². The zero-order valence-corrected chi connectivity index (χ0v) is 14.8. The van der Waals surface area contributed by atoms with E-state index in [1.165, 1.54) is 0 Å². The van der Waals surface area contributed by atoms with Gasteiger partial charge in [0.2, 0.25) is 0 Å². The molecule has 132 valence electrons. The maximum atomic E-state index is 12.9. The number of nitrogens with two attached hydrogens (primary N) is 1. The van der Waals surface area contributed by atoms with Gasteiger partial charge in [-0.1, -0.05) is 19.9 Å². The number of ketones is 1. The van der Waals surface area contributed by atoms with E-state index in [9.17, 15) is 9.59 Å². The van der Waals surface area contributed by atoms with E-state index in [0.717, 1.165) is 11.3 Å². The van der Waals surface area contributed by atoms with Crippen LogP contribution < -0.4 is 11.1 Å². The van der Waals surface area contributed by atoms with Crippen LogP contribution in [0.15, 0.2) is 47.2 Å². The molecule has 0 unspecified atom stereocenters. The number of allylic oxidation sites excluding steroid dienone is 2. The topological polar surface area (TPSA) is 94.3 Å². The Hall–Kier alpha value is -2.63. The summed E-state index contributed by atoms with van der Waals surface area (Å²) in [6.07, 6.45) is 4.45. The molecule has 0 saturated heterocycles. The van der Waals surface area contributed by atoms with E-state index in [1.807, 2.05) is 6.07 Å². The van der Waals surface area contributed by atoms with Gasteiger partial charge in [0.05, 0.1) is 18.1 Å². The molecule has 0 bridgehead atoms. The van der Waals surface area contributed by atoms with Crippen molar-refractivity contribution in [1.82, 2.24) is 10.3 Å². The molecule has 1 aromatic rings. The molecule has 1 aromatic heterocycles. The van der Waals surface area contributed by atoms with Crippen LogP contribution in [0.5, 0.6) is 0 Å². The molecule has 2 heterocycles. The van der Waals surface area contributed by atoms with E-state index < -0.39 is 11.9 Å². The molecule has 1 aliphatic carbocycles. The second-order valence-electron chi connectivity index (χ2n) is 7.23. The number of carbonyl (C=O) groups is 2. The van der Waals surface area contributed by atoms with Crippen LogP contribution in [0.4, 0.5) is 0 Å². The number of esters is 1. The van der Waals surface area contributed by atoms with Crippen LogP contribution in [-0.4, -0.2) is 23.3 Å². The van der Waals surface area contributed by atoms with Crippen LogP contribution in [0.2, 0.25) is 0 Å². The van der Waals surface area contributed by atoms with Crippen LogP contribution in [0.25, 0.3) is 0 Å². The molecular formula is C19H23N3O3. The first-order chi connectivity index (χ1) is 11.8. The first-order valence-electron chi connectivity index (χ1n) is 8.44. The van der Waals surface area contributed by atoms with Gasteiger partial charge in [-0.25, -0.2) is 4.79 Å². The molecule has 0 saturated carbocycles. The summed E-state index contributed by atoms with van der Waals surface area (Å²) < 4.78 is 5.19. The van der Waals surface area contributed by atoms with E-state index in [0.29, 0.717) is 18.4 Å². The largest absolute Gasteiger partial charge is 0.463 e. The molecule has 25 heavy (non-hydrogen) atoms. The van der Waals surface area contributed by atoms with Crippen molar-refractivity contribution in [1.29, 1.82) is 0 Å². The number of hydrogen-bond donors (Lipinski definition) is 2. The molecular weight excluding hydrogens is 318 g/mol. The second kappa shape index (κ2) is 6.35. The number of Topliss-reactive ketones (excluding diaryl/α,β-unsaturated/α-hetero) is 1. The number of nitrogens with one attached hydrogen (secondary N) is 1. The first-order valence-corrected chi connectivity index (χ1v) is 8.44. The average Bonchev–Trinajstić information content (AvgIpc) is 2.53. The molecule has 1 aliphatic heterocycles. The third kappa shape index (κ3) is 3.16. The second-order valence-corrected chi connectivity index (χ2v) is 7.23.